The lowest BCUT2D eigenvalue weighted by atomic mass is 9.95. The number of halogens is 2. The summed E-state index contributed by atoms with van der Waals surface area (Å²) < 4.78 is 18.8. The van der Waals surface area contributed by atoms with E-state index in [4.69, 9.17) is 37.4 Å². The van der Waals surface area contributed by atoms with Crippen molar-refractivity contribution >= 4 is 29.1 Å². The minimum Gasteiger partial charge on any atom is -0.491 e. The predicted octanol–water partition coefficient (Wildman–Crippen LogP) is 6.84. The second-order valence-electron chi connectivity index (χ2n) is 10.3. The predicted molar refractivity (Wildman–Crippen MR) is 154 cm³/mol. The maximum atomic E-state index is 13.4. The van der Waals surface area contributed by atoms with Crippen LogP contribution < -0.4 is 9.47 Å². The maximum Gasteiger partial charge on any atom is 0.225 e. The van der Waals surface area contributed by atoms with E-state index in [-0.39, 0.29) is 18.9 Å². The molecule has 5 rings (SSSR count). The van der Waals surface area contributed by atoms with Crippen LogP contribution in [0.15, 0.2) is 72.8 Å². The summed E-state index contributed by atoms with van der Waals surface area (Å²) >= 11 is 12.2. The van der Waals surface area contributed by atoms with Gasteiger partial charge in [0.05, 0.1) is 13.0 Å². The zero-order valence-corrected chi connectivity index (χ0v) is 23.5. The van der Waals surface area contributed by atoms with Crippen molar-refractivity contribution in [2.75, 3.05) is 39.4 Å². The van der Waals surface area contributed by atoms with Crippen LogP contribution in [-0.2, 0) is 16.1 Å². The van der Waals surface area contributed by atoms with E-state index in [0.717, 1.165) is 43.8 Å². The lowest BCUT2D eigenvalue weighted by Gasteiger charge is -2.43. The first-order chi connectivity index (χ1) is 19.0. The standard InChI is InChI=1S/C31H34Cl2N2O4/c32-25-11-13-27(14-12-25)37-23-31(20-30(36)35-15-4-1-5-16-35)22-34(17-18-38-31)21-24-7-2-3-10-29(24)39-28-9-6-8-26(33)19-28/h2-3,6-14,19H,1,4-5,15-18,20-23H2. The number of carbonyl (C=O) groups is 1. The smallest absolute Gasteiger partial charge is 0.225 e. The fourth-order valence-electron chi connectivity index (χ4n) is 5.21. The zero-order chi connectivity index (χ0) is 27.1. The van der Waals surface area contributed by atoms with E-state index in [2.05, 4.69) is 11.0 Å². The minimum atomic E-state index is -0.769. The number of hydrogen-bond acceptors (Lipinski definition) is 5. The van der Waals surface area contributed by atoms with E-state index in [1.54, 1.807) is 18.2 Å². The van der Waals surface area contributed by atoms with Gasteiger partial charge in [-0.3, -0.25) is 9.69 Å². The van der Waals surface area contributed by atoms with Crippen molar-refractivity contribution in [1.29, 1.82) is 0 Å². The van der Waals surface area contributed by atoms with Gasteiger partial charge in [-0.15, -0.1) is 0 Å². The van der Waals surface area contributed by atoms with E-state index in [1.165, 1.54) is 6.42 Å². The topological polar surface area (TPSA) is 51.2 Å². The van der Waals surface area contributed by atoms with E-state index in [0.29, 0.717) is 41.2 Å². The molecule has 0 radical (unpaired) electrons. The summed E-state index contributed by atoms with van der Waals surface area (Å²) in [6, 6.07) is 22.7. The fraction of sp³-hybridized carbons (Fsp3) is 0.387. The number of nitrogens with zero attached hydrogens (tertiary/aromatic N) is 2. The van der Waals surface area contributed by atoms with Crippen LogP contribution in [0.1, 0.15) is 31.2 Å². The Hall–Kier alpha value is -2.77. The number of carbonyl (C=O) groups excluding carboxylic acids is 1. The molecule has 2 aliphatic rings. The molecule has 6 nitrogen and oxygen atoms in total. The molecule has 39 heavy (non-hydrogen) atoms. The molecular weight excluding hydrogens is 535 g/mol. The summed E-state index contributed by atoms with van der Waals surface area (Å²) in [6.45, 7) is 4.36. The van der Waals surface area contributed by atoms with Crippen molar-refractivity contribution in [3.8, 4) is 17.2 Å². The molecule has 1 amide bonds. The van der Waals surface area contributed by atoms with Crippen molar-refractivity contribution in [1.82, 2.24) is 9.80 Å². The number of benzene rings is 3. The van der Waals surface area contributed by atoms with Gasteiger partial charge in [-0.1, -0.05) is 47.5 Å². The summed E-state index contributed by atoms with van der Waals surface area (Å²) in [5.41, 5.74) is 0.282. The third-order valence-corrected chi connectivity index (χ3v) is 7.70. The molecule has 0 bridgehead atoms. The largest absolute Gasteiger partial charge is 0.491 e. The number of hydrogen-bond donors (Lipinski definition) is 0. The molecule has 2 saturated heterocycles. The van der Waals surface area contributed by atoms with Crippen LogP contribution in [-0.4, -0.2) is 60.7 Å². The molecule has 2 aliphatic heterocycles. The normalized spacial score (nSPS) is 20.0. The Bertz CT molecular complexity index is 1250. The molecule has 2 fully saturated rings. The van der Waals surface area contributed by atoms with Crippen LogP contribution in [0.4, 0.5) is 0 Å². The molecule has 1 unspecified atom stereocenters. The summed E-state index contributed by atoms with van der Waals surface area (Å²) in [7, 11) is 0. The van der Waals surface area contributed by atoms with Crippen molar-refractivity contribution in [2.45, 2.75) is 37.8 Å². The van der Waals surface area contributed by atoms with Gasteiger partial charge in [-0.25, -0.2) is 0 Å². The van der Waals surface area contributed by atoms with Crippen molar-refractivity contribution in [3.05, 3.63) is 88.4 Å². The Labute approximate surface area is 240 Å². The third-order valence-electron chi connectivity index (χ3n) is 7.22. The molecule has 0 saturated carbocycles. The van der Waals surface area contributed by atoms with Gasteiger partial charge in [-0.2, -0.15) is 0 Å². The van der Waals surface area contributed by atoms with Crippen LogP contribution in [0.2, 0.25) is 10.0 Å². The van der Waals surface area contributed by atoms with Gasteiger partial charge in [-0.05, 0) is 67.8 Å². The Morgan fingerprint density at radius 3 is 2.46 bits per heavy atom. The Morgan fingerprint density at radius 2 is 1.67 bits per heavy atom. The molecule has 0 N–H and O–H groups in total. The summed E-state index contributed by atoms with van der Waals surface area (Å²) in [6.07, 6.45) is 3.56. The molecule has 1 atom stereocenters. The Morgan fingerprint density at radius 1 is 0.872 bits per heavy atom. The van der Waals surface area contributed by atoms with Gasteiger partial charge >= 0.3 is 0 Å². The number of rotatable bonds is 9. The number of amides is 1. The van der Waals surface area contributed by atoms with Gasteiger partial charge < -0.3 is 19.1 Å². The number of para-hydroxylation sites is 1. The molecule has 206 valence electrons. The van der Waals surface area contributed by atoms with Crippen molar-refractivity contribution in [2.24, 2.45) is 0 Å². The second kappa shape index (κ2) is 13.1. The maximum absolute atomic E-state index is 13.4. The van der Waals surface area contributed by atoms with Crippen LogP contribution in [0.5, 0.6) is 17.2 Å². The van der Waals surface area contributed by atoms with Crippen LogP contribution in [0.25, 0.3) is 0 Å². The number of morpholine rings is 1. The number of piperidine rings is 1. The first kappa shape index (κ1) is 27.8. The average molecular weight is 570 g/mol. The van der Waals surface area contributed by atoms with E-state index < -0.39 is 5.60 Å². The highest BCUT2D eigenvalue weighted by Gasteiger charge is 2.41. The summed E-state index contributed by atoms with van der Waals surface area (Å²) in [4.78, 5) is 17.7. The number of likely N-dealkylation sites (tertiary alicyclic amines) is 1. The highest BCUT2D eigenvalue weighted by atomic mass is 35.5. The highest BCUT2D eigenvalue weighted by molar-refractivity contribution is 6.30. The first-order valence-corrected chi connectivity index (χ1v) is 14.3. The minimum absolute atomic E-state index is 0.126. The first-order valence-electron chi connectivity index (χ1n) is 13.5. The third kappa shape index (κ3) is 7.67. The molecule has 0 aromatic heterocycles. The van der Waals surface area contributed by atoms with Crippen molar-refractivity contribution in [3.63, 3.8) is 0 Å². The average Bonchev–Trinajstić information content (AvgIpc) is 2.95. The van der Waals surface area contributed by atoms with E-state index in [9.17, 15) is 4.79 Å². The Kier molecular flexibility index (Phi) is 9.30. The van der Waals surface area contributed by atoms with Crippen LogP contribution in [0.3, 0.4) is 0 Å². The molecule has 8 heteroatoms. The van der Waals surface area contributed by atoms with Gasteiger partial charge in [0.1, 0.15) is 29.5 Å². The molecule has 3 aromatic rings. The lowest BCUT2D eigenvalue weighted by Crippen LogP contribution is -2.57. The van der Waals surface area contributed by atoms with Crippen LogP contribution >= 0.6 is 23.2 Å². The quantitative estimate of drug-likeness (QED) is 0.283. The van der Waals surface area contributed by atoms with E-state index in [1.807, 2.05) is 53.4 Å². The SMILES string of the molecule is O=C(CC1(COc2ccc(Cl)cc2)CN(Cc2ccccc2Oc2cccc(Cl)c2)CCO1)N1CCCCC1. The van der Waals surface area contributed by atoms with Crippen molar-refractivity contribution < 1.29 is 19.0 Å². The fourth-order valence-corrected chi connectivity index (χ4v) is 5.52. The summed E-state index contributed by atoms with van der Waals surface area (Å²) in [5.74, 6) is 2.29. The molecule has 0 spiro atoms. The molecule has 0 aliphatic carbocycles. The van der Waals surface area contributed by atoms with Gasteiger partial charge in [0.2, 0.25) is 5.91 Å². The highest BCUT2D eigenvalue weighted by Crippen LogP contribution is 2.31. The zero-order valence-electron chi connectivity index (χ0n) is 22.0. The Balaban J connectivity index is 1.32. The van der Waals surface area contributed by atoms with Gasteiger partial charge in [0.15, 0.2) is 0 Å². The number of ether oxygens (including phenoxy) is 3. The second-order valence-corrected chi connectivity index (χ2v) is 11.1. The monoisotopic (exact) mass is 568 g/mol. The van der Waals surface area contributed by atoms with Gasteiger partial charge in [0.25, 0.3) is 0 Å². The summed E-state index contributed by atoms with van der Waals surface area (Å²) in [5, 5.41) is 1.28. The van der Waals surface area contributed by atoms with E-state index >= 15 is 0 Å². The molecular formula is C31H34Cl2N2O4. The van der Waals surface area contributed by atoms with Crippen LogP contribution in [0, 0.1) is 0 Å². The molecule has 2 heterocycles. The molecule has 3 aromatic carbocycles. The lowest BCUT2D eigenvalue weighted by molar-refractivity contribution is -0.157. The van der Waals surface area contributed by atoms with Gasteiger partial charge in [0, 0.05) is 48.3 Å².